The average Bonchev–Trinajstić information content (AvgIpc) is 3.00. The molecule has 118 valence electrons. The van der Waals surface area contributed by atoms with Crippen molar-refractivity contribution in [2.45, 2.75) is 76.8 Å². The van der Waals surface area contributed by atoms with Crippen molar-refractivity contribution in [2.24, 2.45) is 5.73 Å². The lowest BCUT2D eigenvalue weighted by atomic mass is 9.95. The minimum Gasteiger partial charge on any atom is -0.338 e. The lowest BCUT2D eigenvalue weighted by molar-refractivity contribution is 0.347. The summed E-state index contributed by atoms with van der Waals surface area (Å²) in [5.74, 6) is 1.20. The Morgan fingerprint density at radius 1 is 1.14 bits per heavy atom. The lowest BCUT2D eigenvalue weighted by Gasteiger charge is -2.37. The summed E-state index contributed by atoms with van der Waals surface area (Å²) in [6.07, 6.45) is 13.9. The third-order valence-electron chi connectivity index (χ3n) is 5.25. The number of anilines is 1. The number of nitrogens with two attached hydrogens (primary N) is 1. The van der Waals surface area contributed by atoms with E-state index in [2.05, 4.69) is 22.6 Å². The molecule has 4 nitrogen and oxygen atoms in total. The van der Waals surface area contributed by atoms with Gasteiger partial charge >= 0.3 is 0 Å². The molecule has 1 aromatic heterocycles. The molecule has 21 heavy (non-hydrogen) atoms. The van der Waals surface area contributed by atoms with E-state index < -0.39 is 0 Å². The summed E-state index contributed by atoms with van der Waals surface area (Å²) in [5.41, 5.74) is 7.25. The van der Waals surface area contributed by atoms with Gasteiger partial charge in [-0.25, -0.2) is 4.98 Å². The Morgan fingerprint density at radius 3 is 2.62 bits per heavy atom. The van der Waals surface area contributed by atoms with Crippen LogP contribution in [-0.2, 0) is 6.42 Å². The summed E-state index contributed by atoms with van der Waals surface area (Å²) in [5, 5.41) is 0. The van der Waals surface area contributed by atoms with Gasteiger partial charge in [0.1, 0.15) is 0 Å². The smallest absolute Gasteiger partial charge is 0.206 e. The van der Waals surface area contributed by atoms with Crippen LogP contribution in [0.2, 0.25) is 0 Å². The van der Waals surface area contributed by atoms with E-state index >= 15 is 0 Å². The fraction of sp³-hybridized carbons (Fsp3) is 0.824. The Labute approximate surface area is 128 Å². The van der Waals surface area contributed by atoms with Crippen LogP contribution in [0.25, 0.3) is 0 Å². The second kappa shape index (κ2) is 6.82. The van der Waals surface area contributed by atoms with E-state index in [1.54, 1.807) is 0 Å². The first-order valence-corrected chi connectivity index (χ1v) is 8.88. The van der Waals surface area contributed by atoms with Gasteiger partial charge in [-0.3, -0.25) is 0 Å². The van der Waals surface area contributed by atoms with Crippen molar-refractivity contribution in [3.8, 4) is 0 Å². The van der Waals surface area contributed by atoms with Crippen molar-refractivity contribution < 1.29 is 0 Å². The van der Waals surface area contributed by atoms with Gasteiger partial charge in [-0.05, 0) is 38.5 Å². The van der Waals surface area contributed by atoms with Gasteiger partial charge in [-0.2, -0.15) is 0 Å². The standard InChI is InChI=1S/C17H30N4/c1-2-14-13-21(15-8-4-3-5-9-15)17(19-14)20-11-7-6-10-16(20)12-18/h13,15-16H,2-12,18H2,1H3. The molecule has 0 spiro atoms. The van der Waals surface area contributed by atoms with Crippen molar-refractivity contribution in [1.82, 2.24) is 9.55 Å². The van der Waals surface area contributed by atoms with Crippen LogP contribution in [0.5, 0.6) is 0 Å². The van der Waals surface area contributed by atoms with Gasteiger partial charge in [-0.15, -0.1) is 0 Å². The van der Waals surface area contributed by atoms with E-state index in [1.807, 2.05) is 0 Å². The fourth-order valence-corrected chi connectivity index (χ4v) is 3.95. The molecule has 0 aromatic carbocycles. The van der Waals surface area contributed by atoms with Crippen LogP contribution < -0.4 is 10.6 Å². The largest absolute Gasteiger partial charge is 0.338 e. The quantitative estimate of drug-likeness (QED) is 0.926. The maximum absolute atomic E-state index is 6.02. The van der Waals surface area contributed by atoms with Gasteiger partial charge < -0.3 is 15.2 Å². The van der Waals surface area contributed by atoms with Gasteiger partial charge in [0.25, 0.3) is 0 Å². The molecule has 1 saturated heterocycles. The van der Waals surface area contributed by atoms with Crippen LogP contribution in [0.1, 0.15) is 70.0 Å². The zero-order valence-electron chi connectivity index (χ0n) is 13.4. The van der Waals surface area contributed by atoms with Crippen molar-refractivity contribution in [2.75, 3.05) is 18.0 Å². The van der Waals surface area contributed by atoms with Crippen LogP contribution in [0.3, 0.4) is 0 Å². The lowest BCUT2D eigenvalue weighted by Crippen LogP contribution is -2.45. The molecule has 0 bridgehead atoms. The summed E-state index contributed by atoms with van der Waals surface area (Å²) in [6, 6.07) is 1.13. The first kappa shape index (κ1) is 14.9. The molecule has 1 atom stereocenters. The zero-order chi connectivity index (χ0) is 14.7. The van der Waals surface area contributed by atoms with Crippen LogP contribution in [-0.4, -0.2) is 28.7 Å². The molecule has 2 aliphatic rings. The number of aromatic nitrogens is 2. The number of hydrogen-bond acceptors (Lipinski definition) is 3. The SMILES string of the molecule is CCc1cn(C2CCCCC2)c(N2CCCCC2CN)n1. The third kappa shape index (κ3) is 3.10. The molecule has 0 amide bonds. The van der Waals surface area contributed by atoms with Crippen LogP contribution >= 0.6 is 0 Å². The average molecular weight is 290 g/mol. The summed E-state index contributed by atoms with van der Waals surface area (Å²) in [7, 11) is 0. The number of aryl methyl sites for hydroxylation is 1. The van der Waals surface area contributed by atoms with E-state index in [0.29, 0.717) is 12.1 Å². The maximum atomic E-state index is 6.02. The van der Waals surface area contributed by atoms with Gasteiger partial charge in [0.2, 0.25) is 5.95 Å². The number of rotatable bonds is 4. The van der Waals surface area contributed by atoms with Crippen molar-refractivity contribution in [1.29, 1.82) is 0 Å². The second-order valence-electron chi connectivity index (χ2n) is 6.66. The van der Waals surface area contributed by atoms with E-state index in [4.69, 9.17) is 10.7 Å². The van der Waals surface area contributed by atoms with Gasteiger partial charge in [0, 0.05) is 31.4 Å². The minimum absolute atomic E-state index is 0.480. The number of imidazole rings is 1. The molecule has 1 aliphatic carbocycles. The molecular weight excluding hydrogens is 260 g/mol. The molecule has 4 heteroatoms. The predicted octanol–water partition coefficient (Wildman–Crippen LogP) is 3.27. The zero-order valence-corrected chi connectivity index (χ0v) is 13.4. The molecular formula is C17H30N4. The number of nitrogens with zero attached hydrogens (tertiary/aromatic N) is 3. The fourth-order valence-electron chi connectivity index (χ4n) is 3.95. The van der Waals surface area contributed by atoms with Crippen molar-refractivity contribution >= 4 is 5.95 Å². The van der Waals surface area contributed by atoms with E-state index in [9.17, 15) is 0 Å². The maximum Gasteiger partial charge on any atom is 0.206 e. The molecule has 1 aromatic rings. The number of piperidine rings is 1. The Morgan fingerprint density at radius 2 is 1.90 bits per heavy atom. The van der Waals surface area contributed by atoms with E-state index in [1.165, 1.54) is 63.0 Å². The van der Waals surface area contributed by atoms with Crippen LogP contribution in [0, 0.1) is 0 Å². The Kier molecular flexibility index (Phi) is 4.84. The molecule has 2 fully saturated rings. The van der Waals surface area contributed by atoms with Crippen LogP contribution in [0.4, 0.5) is 5.95 Å². The molecule has 3 rings (SSSR count). The number of hydrogen-bond donors (Lipinski definition) is 1. The van der Waals surface area contributed by atoms with Crippen LogP contribution in [0.15, 0.2) is 6.20 Å². The first-order valence-electron chi connectivity index (χ1n) is 8.88. The van der Waals surface area contributed by atoms with Crippen molar-refractivity contribution in [3.63, 3.8) is 0 Å². The minimum atomic E-state index is 0.480. The summed E-state index contributed by atoms with van der Waals surface area (Å²) in [4.78, 5) is 7.46. The predicted molar refractivity (Wildman–Crippen MR) is 87.8 cm³/mol. The Bertz CT molecular complexity index is 448. The molecule has 0 radical (unpaired) electrons. The highest BCUT2D eigenvalue weighted by Crippen LogP contribution is 2.34. The third-order valence-corrected chi connectivity index (χ3v) is 5.25. The summed E-state index contributed by atoms with van der Waals surface area (Å²) in [6.45, 7) is 4.07. The molecule has 2 heterocycles. The summed E-state index contributed by atoms with van der Waals surface area (Å²) >= 11 is 0. The van der Waals surface area contributed by atoms with Gasteiger partial charge in [0.05, 0.1) is 5.69 Å². The molecule has 2 N–H and O–H groups in total. The monoisotopic (exact) mass is 290 g/mol. The normalized spacial score (nSPS) is 24.5. The Hall–Kier alpha value is -1.03. The van der Waals surface area contributed by atoms with Crippen molar-refractivity contribution in [3.05, 3.63) is 11.9 Å². The van der Waals surface area contributed by atoms with E-state index in [-0.39, 0.29) is 0 Å². The topological polar surface area (TPSA) is 47.1 Å². The Balaban J connectivity index is 1.89. The molecule has 1 aliphatic heterocycles. The molecule has 1 unspecified atom stereocenters. The summed E-state index contributed by atoms with van der Waals surface area (Å²) < 4.78 is 2.49. The highest BCUT2D eigenvalue weighted by molar-refractivity contribution is 5.37. The van der Waals surface area contributed by atoms with Gasteiger partial charge in [0.15, 0.2) is 0 Å². The van der Waals surface area contributed by atoms with E-state index in [0.717, 1.165) is 19.5 Å². The molecule has 1 saturated carbocycles. The second-order valence-corrected chi connectivity index (χ2v) is 6.66. The first-order chi connectivity index (χ1) is 10.3. The van der Waals surface area contributed by atoms with Gasteiger partial charge in [-0.1, -0.05) is 26.2 Å². The highest BCUT2D eigenvalue weighted by Gasteiger charge is 2.28. The highest BCUT2D eigenvalue weighted by atomic mass is 15.3.